The van der Waals surface area contributed by atoms with Gasteiger partial charge in [0.05, 0.1) is 6.54 Å². The SMILES string of the molecule is CC(C)C[n+]1c(O)c(Cc2ccccc2)c(=O)n2nc(Cl)ccc21. The predicted molar refractivity (Wildman–Crippen MR) is 92.4 cm³/mol. The number of fused-ring (bicyclic) bond motifs is 1. The average Bonchev–Trinajstić information content (AvgIpc) is 2.56. The van der Waals surface area contributed by atoms with Crippen LogP contribution in [0.15, 0.2) is 47.3 Å². The maximum atomic E-state index is 12.8. The lowest BCUT2D eigenvalue weighted by Gasteiger charge is -2.11. The van der Waals surface area contributed by atoms with Gasteiger partial charge in [-0.2, -0.15) is 4.57 Å². The quantitative estimate of drug-likeness (QED) is 0.740. The lowest BCUT2D eigenvalue weighted by Crippen LogP contribution is -2.44. The second-order valence-corrected chi connectivity index (χ2v) is 6.59. The molecule has 0 bridgehead atoms. The molecule has 0 radical (unpaired) electrons. The summed E-state index contributed by atoms with van der Waals surface area (Å²) in [6.07, 6.45) is 0.334. The van der Waals surface area contributed by atoms with E-state index >= 15 is 0 Å². The largest absolute Gasteiger partial charge is 0.477 e. The van der Waals surface area contributed by atoms with E-state index in [9.17, 15) is 9.90 Å². The summed E-state index contributed by atoms with van der Waals surface area (Å²) >= 11 is 5.96. The molecular formula is C18H19ClN3O2+. The normalized spacial score (nSPS) is 11.3. The molecule has 0 amide bonds. The molecule has 0 saturated heterocycles. The Kier molecular flexibility index (Phi) is 4.53. The van der Waals surface area contributed by atoms with Crippen LogP contribution in [0.1, 0.15) is 25.0 Å². The van der Waals surface area contributed by atoms with Crippen molar-refractivity contribution in [2.45, 2.75) is 26.8 Å². The van der Waals surface area contributed by atoms with Crippen LogP contribution in [0.2, 0.25) is 5.15 Å². The molecule has 1 N–H and O–H groups in total. The first-order chi connectivity index (χ1) is 11.5. The number of nitrogens with zero attached hydrogens (tertiary/aromatic N) is 3. The minimum Gasteiger partial charge on any atom is -0.477 e. The van der Waals surface area contributed by atoms with Crippen LogP contribution in [0, 0.1) is 5.92 Å². The highest BCUT2D eigenvalue weighted by atomic mass is 35.5. The fourth-order valence-electron chi connectivity index (χ4n) is 2.74. The highest BCUT2D eigenvalue weighted by Crippen LogP contribution is 2.16. The summed E-state index contributed by atoms with van der Waals surface area (Å²) in [7, 11) is 0. The molecule has 5 nitrogen and oxygen atoms in total. The smallest absolute Gasteiger partial charge is 0.370 e. The van der Waals surface area contributed by atoms with Crippen LogP contribution in [-0.4, -0.2) is 14.7 Å². The van der Waals surface area contributed by atoms with E-state index < -0.39 is 0 Å². The first-order valence-electron chi connectivity index (χ1n) is 7.84. The first kappa shape index (κ1) is 16.5. The molecule has 1 aromatic carbocycles. The minimum absolute atomic E-state index is 0.0123. The van der Waals surface area contributed by atoms with E-state index in [1.165, 1.54) is 4.52 Å². The monoisotopic (exact) mass is 344 g/mol. The number of hydrogen-bond acceptors (Lipinski definition) is 3. The molecule has 0 unspecified atom stereocenters. The van der Waals surface area contributed by atoms with Gasteiger partial charge in [-0.25, -0.2) is 4.79 Å². The summed E-state index contributed by atoms with van der Waals surface area (Å²) in [5, 5.41) is 15.1. The summed E-state index contributed by atoms with van der Waals surface area (Å²) < 4.78 is 2.98. The number of hydrogen-bond donors (Lipinski definition) is 1. The van der Waals surface area contributed by atoms with Crippen LogP contribution in [0.25, 0.3) is 5.65 Å². The van der Waals surface area contributed by atoms with Gasteiger partial charge in [-0.3, -0.25) is 0 Å². The number of halogens is 1. The lowest BCUT2D eigenvalue weighted by atomic mass is 10.1. The van der Waals surface area contributed by atoms with Crippen LogP contribution in [-0.2, 0) is 13.0 Å². The van der Waals surface area contributed by atoms with Crippen molar-refractivity contribution in [1.82, 2.24) is 9.61 Å². The summed E-state index contributed by atoms with van der Waals surface area (Å²) in [5.41, 5.74) is 1.43. The van der Waals surface area contributed by atoms with Crippen molar-refractivity contribution in [2.24, 2.45) is 5.92 Å². The van der Waals surface area contributed by atoms with E-state index in [1.807, 2.05) is 44.2 Å². The van der Waals surface area contributed by atoms with E-state index in [1.54, 1.807) is 16.7 Å². The van der Waals surface area contributed by atoms with Gasteiger partial charge in [0.25, 0.3) is 5.88 Å². The molecule has 0 saturated carbocycles. The lowest BCUT2D eigenvalue weighted by molar-refractivity contribution is -0.687. The van der Waals surface area contributed by atoms with Gasteiger partial charge in [-0.15, -0.1) is 0 Å². The third kappa shape index (κ3) is 3.12. The molecule has 0 fully saturated rings. The molecule has 0 spiro atoms. The van der Waals surface area contributed by atoms with Gasteiger partial charge in [-0.05, 0) is 17.5 Å². The molecule has 124 valence electrons. The van der Waals surface area contributed by atoms with Crippen molar-refractivity contribution in [2.75, 3.05) is 0 Å². The number of aromatic hydroxyl groups is 1. The molecule has 24 heavy (non-hydrogen) atoms. The fourth-order valence-corrected chi connectivity index (χ4v) is 2.88. The zero-order valence-electron chi connectivity index (χ0n) is 13.6. The van der Waals surface area contributed by atoms with Gasteiger partial charge >= 0.3 is 11.2 Å². The maximum Gasteiger partial charge on any atom is 0.370 e. The van der Waals surface area contributed by atoms with Crippen molar-refractivity contribution in [3.05, 3.63) is 69.1 Å². The van der Waals surface area contributed by atoms with E-state index in [0.29, 0.717) is 30.1 Å². The molecule has 0 aliphatic rings. The van der Waals surface area contributed by atoms with Crippen LogP contribution < -0.4 is 10.1 Å². The van der Waals surface area contributed by atoms with Gasteiger partial charge in [-0.1, -0.05) is 65.4 Å². The van der Waals surface area contributed by atoms with Gasteiger partial charge < -0.3 is 5.11 Å². The first-order valence-corrected chi connectivity index (χ1v) is 8.22. The second-order valence-electron chi connectivity index (χ2n) is 6.20. The third-order valence-corrected chi connectivity index (χ3v) is 4.01. The van der Waals surface area contributed by atoms with E-state index in [0.717, 1.165) is 5.56 Å². The number of benzene rings is 1. The van der Waals surface area contributed by atoms with Gasteiger partial charge in [0, 0.05) is 12.5 Å². The van der Waals surface area contributed by atoms with Crippen molar-refractivity contribution < 1.29 is 9.67 Å². The van der Waals surface area contributed by atoms with E-state index in [-0.39, 0.29) is 16.6 Å². The van der Waals surface area contributed by atoms with Crippen LogP contribution in [0.4, 0.5) is 0 Å². The molecule has 0 aliphatic heterocycles. The molecular weight excluding hydrogens is 326 g/mol. The molecule has 0 atom stereocenters. The van der Waals surface area contributed by atoms with Crippen molar-refractivity contribution in [1.29, 1.82) is 0 Å². The molecule has 2 aromatic heterocycles. The molecule has 6 heteroatoms. The Labute approximate surface area is 144 Å². The predicted octanol–water partition coefficient (Wildman–Crippen LogP) is 2.59. The number of rotatable bonds is 4. The van der Waals surface area contributed by atoms with Gasteiger partial charge in [0.2, 0.25) is 0 Å². The summed E-state index contributed by atoms with van der Waals surface area (Å²) in [6, 6.07) is 12.9. The van der Waals surface area contributed by atoms with Crippen molar-refractivity contribution in [3.63, 3.8) is 0 Å². The Bertz CT molecular complexity index is 936. The zero-order chi connectivity index (χ0) is 17.3. The van der Waals surface area contributed by atoms with Gasteiger partial charge in [0.15, 0.2) is 5.15 Å². The highest BCUT2D eigenvalue weighted by Gasteiger charge is 2.25. The Morgan fingerprint density at radius 1 is 1.21 bits per heavy atom. The van der Waals surface area contributed by atoms with Gasteiger partial charge in [0.1, 0.15) is 5.56 Å². The highest BCUT2D eigenvalue weighted by molar-refractivity contribution is 6.29. The zero-order valence-corrected chi connectivity index (χ0v) is 14.4. The van der Waals surface area contributed by atoms with Crippen molar-refractivity contribution in [3.8, 4) is 5.88 Å². The Morgan fingerprint density at radius 3 is 2.58 bits per heavy atom. The Hall–Kier alpha value is -2.40. The van der Waals surface area contributed by atoms with Crippen LogP contribution >= 0.6 is 11.6 Å². The molecule has 0 aliphatic carbocycles. The second kappa shape index (κ2) is 6.61. The maximum absolute atomic E-state index is 12.8. The van der Waals surface area contributed by atoms with Crippen LogP contribution in [0.3, 0.4) is 0 Å². The average molecular weight is 345 g/mol. The minimum atomic E-state index is -0.353. The fraction of sp³-hybridized carbons (Fsp3) is 0.278. The summed E-state index contributed by atoms with van der Waals surface area (Å²) in [6.45, 7) is 4.67. The Balaban J connectivity index is 2.26. The van der Waals surface area contributed by atoms with Crippen molar-refractivity contribution >= 4 is 17.2 Å². The summed E-state index contributed by atoms with van der Waals surface area (Å²) in [4.78, 5) is 12.8. The topological polar surface area (TPSA) is 58.5 Å². The summed E-state index contributed by atoms with van der Waals surface area (Å²) in [5.74, 6) is 0.282. The number of aromatic nitrogens is 3. The molecule has 3 rings (SSSR count). The Morgan fingerprint density at radius 2 is 1.92 bits per heavy atom. The molecule has 2 heterocycles. The molecule has 3 aromatic rings. The van der Waals surface area contributed by atoms with E-state index in [4.69, 9.17) is 11.6 Å². The van der Waals surface area contributed by atoms with Crippen LogP contribution in [0.5, 0.6) is 5.88 Å². The standard InChI is InChI=1S/C18H18ClN3O2/c1-12(2)11-21-16-9-8-15(19)20-22(16)18(24)14(17(21)23)10-13-6-4-3-5-7-13/h3-9,12H,10-11H2,1-2H3/p+1. The third-order valence-electron chi connectivity index (χ3n) is 3.81. The van der Waals surface area contributed by atoms with E-state index in [2.05, 4.69) is 5.10 Å².